The summed E-state index contributed by atoms with van der Waals surface area (Å²) in [7, 11) is 0. The lowest BCUT2D eigenvalue weighted by Crippen LogP contribution is -2.45. The van der Waals surface area contributed by atoms with Crippen LogP contribution in [0.15, 0.2) is 30.3 Å². The number of aliphatic hydroxyl groups is 1. The Labute approximate surface area is 186 Å². The summed E-state index contributed by atoms with van der Waals surface area (Å²) >= 11 is 0. The van der Waals surface area contributed by atoms with Gasteiger partial charge in [-0.15, -0.1) is 0 Å². The molecule has 0 spiro atoms. The van der Waals surface area contributed by atoms with Gasteiger partial charge in [0.2, 0.25) is 0 Å². The third-order valence-electron chi connectivity index (χ3n) is 6.82. The van der Waals surface area contributed by atoms with Gasteiger partial charge in [-0.3, -0.25) is 0 Å². The van der Waals surface area contributed by atoms with E-state index >= 15 is 0 Å². The molecule has 1 saturated heterocycles. The van der Waals surface area contributed by atoms with E-state index in [1.165, 1.54) is 69.8 Å². The molecule has 1 aromatic rings. The SMILES string of the molecule is CCCCCCCCC(CCCCCC)C(O)OC1(c2ccccc2)CCNCC1. The zero-order valence-electron chi connectivity index (χ0n) is 19.7. The number of unbranched alkanes of at least 4 members (excludes halogenated alkanes) is 8. The molecule has 172 valence electrons. The van der Waals surface area contributed by atoms with Gasteiger partial charge in [-0.1, -0.05) is 108 Å². The van der Waals surface area contributed by atoms with Gasteiger partial charge in [0, 0.05) is 5.92 Å². The highest BCUT2D eigenvalue weighted by Gasteiger charge is 2.38. The average Bonchev–Trinajstić information content (AvgIpc) is 2.78. The highest BCUT2D eigenvalue weighted by molar-refractivity contribution is 5.23. The van der Waals surface area contributed by atoms with E-state index in [4.69, 9.17) is 4.74 Å². The lowest BCUT2D eigenvalue weighted by atomic mass is 9.84. The van der Waals surface area contributed by atoms with Crippen LogP contribution in [0.1, 0.15) is 109 Å². The Balaban J connectivity index is 1.97. The van der Waals surface area contributed by atoms with Crippen LogP contribution in [0, 0.1) is 5.92 Å². The average molecular weight is 418 g/mol. The zero-order valence-corrected chi connectivity index (χ0v) is 19.7. The first kappa shape index (κ1) is 25.4. The number of piperidine rings is 1. The molecule has 0 saturated carbocycles. The van der Waals surface area contributed by atoms with E-state index in [0.717, 1.165) is 38.8 Å². The lowest BCUT2D eigenvalue weighted by molar-refractivity contribution is -0.224. The molecular weight excluding hydrogens is 370 g/mol. The lowest BCUT2D eigenvalue weighted by Gasteiger charge is -2.41. The maximum atomic E-state index is 11.2. The van der Waals surface area contributed by atoms with Crippen molar-refractivity contribution in [3.05, 3.63) is 35.9 Å². The van der Waals surface area contributed by atoms with E-state index in [2.05, 4.69) is 49.5 Å². The van der Waals surface area contributed by atoms with Gasteiger partial charge < -0.3 is 15.2 Å². The summed E-state index contributed by atoms with van der Waals surface area (Å²) in [5.41, 5.74) is 0.865. The number of benzene rings is 1. The second-order valence-electron chi connectivity index (χ2n) is 9.28. The zero-order chi connectivity index (χ0) is 21.5. The van der Waals surface area contributed by atoms with Gasteiger partial charge in [0.15, 0.2) is 6.29 Å². The van der Waals surface area contributed by atoms with Crippen molar-refractivity contribution >= 4 is 0 Å². The van der Waals surface area contributed by atoms with Gasteiger partial charge in [-0.2, -0.15) is 0 Å². The minimum Gasteiger partial charge on any atom is -0.368 e. The summed E-state index contributed by atoms with van der Waals surface area (Å²) in [6, 6.07) is 10.6. The van der Waals surface area contributed by atoms with E-state index in [9.17, 15) is 5.11 Å². The Bertz CT molecular complexity index is 527. The number of hydrogen-bond donors (Lipinski definition) is 2. The van der Waals surface area contributed by atoms with Crippen LogP contribution < -0.4 is 5.32 Å². The second kappa shape index (κ2) is 15.0. The van der Waals surface area contributed by atoms with E-state index in [1.54, 1.807) is 0 Å². The molecule has 0 aromatic heterocycles. The molecule has 2 unspecified atom stereocenters. The topological polar surface area (TPSA) is 41.5 Å². The fourth-order valence-electron chi connectivity index (χ4n) is 4.82. The number of hydrogen-bond acceptors (Lipinski definition) is 3. The van der Waals surface area contributed by atoms with E-state index < -0.39 is 6.29 Å². The van der Waals surface area contributed by atoms with Crippen LogP contribution in [0.2, 0.25) is 0 Å². The van der Waals surface area contributed by atoms with Gasteiger partial charge >= 0.3 is 0 Å². The Morgan fingerprint density at radius 3 is 1.97 bits per heavy atom. The van der Waals surface area contributed by atoms with Crippen molar-refractivity contribution in [1.29, 1.82) is 0 Å². The van der Waals surface area contributed by atoms with Crippen molar-refractivity contribution in [2.24, 2.45) is 5.92 Å². The molecule has 1 aliphatic rings. The summed E-state index contributed by atoms with van der Waals surface area (Å²) in [5.74, 6) is 0.253. The van der Waals surface area contributed by atoms with Gasteiger partial charge in [-0.05, 0) is 44.3 Å². The molecule has 0 bridgehead atoms. The predicted molar refractivity (Wildman–Crippen MR) is 128 cm³/mol. The van der Waals surface area contributed by atoms with E-state index in [-0.39, 0.29) is 11.5 Å². The molecule has 3 heteroatoms. The van der Waals surface area contributed by atoms with Crippen LogP contribution in [0.25, 0.3) is 0 Å². The third kappa shape index (κ3) is 8.69. The van der Waals surface area contributed by atoms with Gasteiger partial charge in [-0.25, -0.2) is 0 Å². The van der Waals surface area contributed by atoms with Gasteiger partial charge in [0.1, 0.15) is 0 Å². The molecular formula is C27H47NO2. The molecule has 30 heavy (non-hydrogen) atoms. The fraction of sp³-hybridized carbons (Fsp3) is 0.778. The molecule has 0 aliphatic carbocycles. The summed E-state index contributed by atoms with van der Waals surface area (Å²) in [6.07, 6.45) is 16.2. The summed E-state index contributed by atoms with van der Waals surface area (Å²) in [4.78, 5) is 0. The number of aliphatic hydroxyl groups excluding tert-OH is 1. The quantitative estimate of drug-likeness (QED) is 0.226. The molecule has 1 aliphatic heterocycles. The summed E-state index contributed by atoms with van der Waals surface area (Å²) in [5, 5.41) is 14.7. The first-order chi connectivity index (χ1) is 14.7. The van der Waals surface area contributed by atoms with E-state index in [0.29, 0.717) is 0 Å². The maximum absolute atomic E-state index is 11.2. The monoisotopic (exact) mass is 417 g/mol. The molecule has 3 nitrogen and oxygen atoms in total. The molecule has 1 aromatic carbocycles. The molecule has 1 fully saturated rings. The Hall–Kier alpha value is -0.900. The minimum atomic E-state index is -0.666. The normalized spacial score (nSPS) is 18.2. The van der Waals surface area contributed by atoms with Crippen LogP contribution in [-0.2, 0) is 10.3 Å². The van der Waals surface area contributed by atoms with Crippen LogP contribution in [0.4, 0.5) is 0 Å². The van der Waals surface area contributed by atoms with Crippen molar-refractivity contribution in [1.82, 2.24) is 5.32 Å². The van der Waals surface area contributed by atoms with E-state index in [1.807, 2.05) is 0 Å². The Morgan fingerprint density at radius 1 is 0.833 bits per heavy atom. The summed E-state index contributed by atoms with van der Waals surface area (Å²) in [6.45, 7) is 6.41. The molecule has 2 rings (SSSR count). The van der Waals surface area contributed by atoms with Crippen molar-refractivity contribution in [2.45, 2.75) is 116 Å². The molecule has 2 N–H and O–H groups in total. The van der Waals surface area contributed by atoms with Crippen molar-refractivity contribution in [3.8, 4) is 0 Å². The molecule has 0 radical (unpaired) electrons. The van der Waals surface area contributed by atoms with Crippen molar-refractivity contribution < 1.29 is 9.84 Å². The molecule has 1 heterocycles. The highest BCUT2D eigenvalue weighted by atomic mass is 16.6. The van der Waals surface area contributed by atoms with Crippen LogP contribution in [0.3, 0.4) is 0 Å². The van der Waals surface area contributed by atoms with Crippen LogP contribution in [-0.4, -0.2) is 24.5 Å². The Kier molecular flexibility index (Phi) is 12.7. The largest absolute Gasteiger partial charge is 0.368 e. The molecule has 0 amide bonds. The maximum Gasteiger partial charge on any atom is 0.158 e. The smallest absolute Gasteiger partial charge is 0.158 e. The number of nitrogens with one attached hydrogen (secondary N) is 1. The van der Waals surface area contributed by atoms with Crippen molar-refractivity contribution in [2.75, 3.05) is 13.1 Å². The first-order valence-corrected chi connectivity index (χ1v) is 12.8. The number of rotatable bonds is 16. The second-order valence-corrected chi connectivity index (χ2v) is 9.28. The standard InChI is InChI=1S/C27H47NO2/c1-3-5-7-9-10-13-17-24(16-12-8-6-4-2)26(29)30-27(20-22-28-23-21-27)25-18-14-11-15-19-25/h11,14-15,18-19,24,26,28-29H,3-10,12-13,16-17,20-23H2,1-2H3. The first-order valence-electron chi connectivity index (χ1n) is 12.8. The fourth-order valence-corrected chi connectivity index (χ4v) is 4.82. The predicted octanol–water partition coefficient (Wildman–Crippen LogP) is 6.94. The minimum absolute atomic E-state index is 0.253. The van der Waals surface area contributed by atoms with Gasteiger partial charge in [0.05, 0.1) is 5.60 Å². The highest BCUT2D eigenvalue weighted by Crippen LogP contribution is 2.38. The molecule has 2 atom stereocenters. The van der Waals surface area contributed by atoms with Gasteiger partial charge in [0.25, 0.3) is 0 Å². The Morgan fingerprint density at radius 2 is 1.37 bits per heavy atom. The van der Waals surface area contributed by atoms with Crippen molar-refractivity contribution in [3.63, 3.8) is 0 Å². The third-order valence-corrected chi connectivity index (χ3v) is 6.82. The van der Waals surface area contributed by atoms with Crippen LogP contribution in [0.5, 0.6) is 0 Å². The number of ether oxygens (including phenoxy) is 1. The van der Waals surface area contributed by atoms with Crippen LogP contribution >= 0.6 is 0 Å². The summed E-state index contributed by atoms with van der Waals surface area (Å²) < 4.78 is 6.60.